The Hall–Kier alpha value is -2.09. The highest BCUT2D eigenvalue weighted by molar-refractivity contribution is 6.00. The van der Waals surface area contributed by atoms with E-state index in [-0.39, 0.29) is 11.5 Å². The molecule has 1 N–H and O–H groups in total. The van der Waals surface area contributed by atoms with E-state index < -0.39 is 0 Å². The summed E-state index contributed by atoms with van der Waals surface area (Å²) in [5, 5.41) is 9.83. The first-order valence-electron chi connectivity index (χ1n) is 6.59. The molecule has 2 aromatic carbocycles. The van der Waals surface area contributed by atoms with Gasteiger partial charge in [0.25, 0.3) is 0 Å². The molecule has 0 aliphatic heterocycles. The van der Waals surface area contributed by atoms with Gasteiger partial charge in [0.1, 0.15) is 5.75 Å². The zero-order valence-electron chi connectivity index (χ0n) is 11.1. The van der Waals surface area contributed by atoms with Crippen LogP contribution in [0.25, 0.3) is 0 Å². The van der Waals surface area contributed by atoms with E-state index in [4.69, 9.17) is 0 Å². The third kappa shape index (κ3) is 3.44. The summed E-state index contributed by atoms with van der Waals surface area (Å²) in [6.45, 7) is 2.10. The van der Waals surface area contributed by atoms with Gasteiger partial charge in [0.15, 0.2) is 5.78 Å². The van der Waals surface area contributed by atoms with E-state index in [9.17, 15) is 9.90 Å². The monoisotopic (exact) mass is 254 g/mol. The number of hydrogen-bond acceptors (Lipinski definition) is 2. The fourth-order valence-corrected chi connectivity index (χ4v) is 2.13. The van der Waals surface area contributed by atoms with Crippen LogP contribution in [0.15, 0.2) is 48.5 Å². The number of aromatic hydroxyl groups is 1. The molecule has 2 aromatic rings. The Labute approximate surface area is 113 Å². The fraction of sp³-hybridized carbons (Fsp3) is 0.235. The Bertz CT molecular complexity index is 559. The Balaban J connectivity index is 2.21. The number of Topliss-reactive ketones (excluding diaryl/α,β-unsaturated/α-hetero) is 1. The van der Waals surface area contributed by atoms with Crippen LogP contribution in [0, 0.1) is 0 Å². The Kier molecular flexibility index (Phi) is 4.35. The maximum atomic E-state index is 12.2. The molecular weight excluding hydrogens is 236 g/mol. The first-order valence-corrected chi connectivity index (χ1v) is 6.59. The number of carbonyl (C=O) groups is 1. The lowest BCUT2D eigenvalue weighted by molar-refractivity contribution is 0.0990. The van der Waals surface area contributed by atoms with E-state index in [2.05, 4.69) is 6.92 Å². The van der Waals surface area contributed by atoms with Crippen molar-refractivity contribution in [3.8, 4) is 5.75 Å². The van der Waals surface area contributed by atoms with Crippen molar-refractivity contribution in [3.63, 3.8) is 0 Å². The second-order valence-electron chi connectivity index (χ2n) is 4.69. The normalized spacial score (nSPS) is 10.4. The van der Waals surface area contributed by atoms with E-state index in [1.807, 2.05) is 42.5 Å². The number of carbonyl (C=O) groups excluding carboxylic acids is 1. The first-order chi connectivity index (χ1) is 9.20. The molecule has 0 aliphatic carbocycles. The van der Waals surface area contributed by atoms with Crippen LogP contribution < -0.4 is 0 Å². The van der Waals surface area contributed by atoms with Crippen LogP contribution in [-0.4, -0.2) is 10.9 Å². The van der Waals surface area contributed by atoms with Crippen LogP contribution in [0.4, 0.5) is 0 Å². The SMILES string of the molecule is CCCc1ccc(O)c(C(=O)Cc2ccccc2)c1. The summed E-state index contributed by atoms with van der Waals surface area (Å²) in [5.74, 6) is 0.0300. The molecule has 0 amide bonds. The van der Waals surface area contributed by atoms with Gasteiger partial charge >= 0.3 is 0 Å². The van der Waals surface area contributed by atoms with E-state index in [0.29, 0.717) is 12.0 Å². The van der Waals surface area contributed by atoms with Gasteiger partial charge in [-0.15, -0.1) is 0 Å². The molecule has 0 heterocycles. The van der Waals surface area contributed by atoms with Crippen molar-refractivity contribution in [2.75, 3.05) is 0 Å². The minimum Gasteiger partial charge on any atom is -0.507 e. The highest BCUT2D eigenvalue weighted by Gasteiger charge is 2.12. The van der Waals surface area contributed by atoms with Gasteiger partial charge in [0.05, 0.1) is 5.56 Å². The van der Waals surface area contributed by atoms with E-state index in [1.54, 1.807) is 6.07 Å². The third-order valence-corrected chi connectivity index (χ3v) is 3.11. The first kappa shape index (κ1) is 13.3. The maximum Gasteiger partial charge on any atom is 0.170 e. The topological polar surface area (TPSA) is 37.3 Å². The zero-order chi connectivity index (χ0) is 13.7. The number of ketones is 1. The average molecular weight is 254 g/mol. The lowest BCUT2D eigenvalue weighted by Gasteiger charge is -2.07. The summed E-state index contributed by atoms with van der Waals surface area (Å²) in [6.07, 6.45) is 2.27. The van der Waals surface area contributed by atoms with Gasteiger partial charge in [-0.1, -0.05) is 49.7 Å². The Morgan fingerprint density at radius 3 is 2.47 bits per heavy atom. The zero-order valence-corrected chi connectivity index (χ0v) is 11.1. The molecule has 0 radical (unpaired) electrons. The molecule has 98 valence electrons. The van der Waals surface area contributed by atoms with Crippen molar-refractivity contribution in [1.82, 2.24) is 0 Å². The molecule has 2 heteroatoms. The lowest BCUT2D eigenvalue weighted by Crippen LogP contribution is -2.04. The van der Waals surface area contributed by atoms with E-state index in [1.165, 1.54) is 0 Å². The maximum absolute atomic E-state index is 12.2. The van der Waals surface area contributed by atoms with Gasteiger partial charge in [-0.05, 0) is 29.7 Å². The molecular formula is C17H18O2. The Morgan fingerprint density at radius 2 is 1.79 bits per heavy atom. The van der Waals surface area contributed by atoms with Crippen LogP contribution in [0.3, 0.4) is 0 Å². The van der Waals surface area contributed by atoms with Gasteiger partial charge < -0.3 is 5.11 Å². The minimum atomic E-state index is -0.0401. The number of hydrogen-bond donors (Lipinski definition) is 1. The molecule has 2 nitrogen and oxygen atoms in total. The van der Waals surface area contributed by atoms with Crippen molar-refractivity contribution in [2.24, 2.45) is 0 Å². The van der Waals surface area contributed by atoms with Crippen LogP contribution in [0.1, 0.15) is 34.8 Å². The molecule has 0 spiro atoms. The molecule has 0 atom stereocenters. The molecule has 0 aromatic heterocycles. The predicted octanol–water partition coefficient (Wildman–Crippen LogP) is 3.77. The van der Waals surface area contributed by atoms with Gasteiger partial charge in [-0.2, -0.15) is 0 Å². The van der Waals surface area contributed by atoms with Crippen molar-refractivity contribution in [1.29, 1.82) is 0 Å². The summed E-state index contributed by atoms with van der Waals surface area (Å²) in [7, 11) is 0. The minimum absolute atomic E-state index is 0.0401. The standard InChI is InChI=1S/C17H18O2/c1-2-6-13-9-10-16(18)15(11-13)17(19)12-14-7-4-3-5-8-14/h3-5,7-11,18H,2,6,12H2,1H3. The van der Waals surface area contributed by atoms with Gasteiger partial charge in [0, 0.05) is 6.42 Å². The van der Waals surface area contributed by atoms with Crippen LogP contribution in [0.5, 0.6) is 5.75 Å². The van der Waals surface area contributed by atoms with Crippen molar-refractivity contribution < 1.29 is 9.90 Å². The third-order valence-electron chi connectivity index (χ3n) is 3.11. The summed E-state index contributed by atoms with van der Waals surface area (Å²) in [6, 6.07) is 14.9. The Morgan fingerprint density at radius 1 is 1.05 bits per heavy atom. The molecule has 0 aliphatic rings. The van der Waals surface area contributed by atoms with Crippen LogP contribution in [-0.2, 0) is 12.8 Å². The lowest BCUT2D eigenvalue weighted by atomic mass is 9.99. The number of phenolic OH excluding ortho intramolecular Hbond substituents is 1. The highest BCUT2D eigenvalue weighted by Crippen LogP contribution is 2.21. The summed E-state index contributed by atoms with van der Waals surface area (Å²) >= 11 is 0. The van der Waals surface area contributed by atoms with E-state index in [0.717, 1.165) is 24.0 Å². The van der Waals surface area contributed by atoms with Gasteiger partial charge in [-0.25, -0.2) is 0 Å². The highest BCUT2D eigenvalue weighted by atomic mass is 16.3. The fourth-order valence-electron chi connectivity index (χ4n) is 2.13. The molecule has 0 fully saturated rings. The van der Waals surface area contributed by atoms with Crippen molar-refractivity contribution in [2.45, 2.75) is 26.2 Å². The number of phenols is 1. The average Bonchev–Trinajstić information content (AvgIpc) is 2.42. The summed E-state index contributed by atoms with van der Waals surface area (Å²) < 4.78 is 0. The number of rotatable bonds is 5. The summed E-state index contributed by atoms with van der Waals surface area (Å²) in [4.78, 5) is 12.2. The number of benzene rings is 2. The predicted molar refractivity (Wildman–Crippen MR) is 76.6 cm³/mol. The second kappa shape index (κ2) is 6.19. The molecule has 0 unspecified atom stereocenters. The van der Waals surface area contributed by atoms with Gasteiger partial charge in [0.2, 0.25) is 0 Å². The molecule has 0 saturated carbocycles. The second-order valence-corrected chi connectivity index (χ2v) is 4.69. The molecule has 0 saturated heterocycles. The van der Waals surface area contributed by atoms with E-state index >= 15 is 0 Å². The largest absolute Gasteiger partial charge is 0.507 e. The number of aryl methyl sites for hydroxylation is 1. The quantitative estimate of drug-likeness (QED) is 0.825. The van der Waals surface area contributed by atoms with Crippen molar-refractivity contribution in [3.05, 3.63) is 65.2 Å². The smallest absolute Gasteiger partial charge is 0.170 e. The van der Waals surface area contributed by atoms with Crippen LogP contribution >= 0.6 is 0 Å². The van der Waals surface area contributed by atoms with Gasteiger partial charge in [-0.3, -0.25) is 4.79 Å². The van der Waals surface area contributed by atoms with Crippen LogP contribution in [0.2, 0.25) is 0 Å². The van der Waals surface area contributed by atoms with Crippen molar-refractivity contribution >= 4 is 5.78 Å². The summed E-state index contributed by atoms with van der Waals surface area (Å²) in [5.41, 5.74) is 2.49. The molecule has 0 bridgehead atoms. The molecule has 19 heavy (non-hydrogen) atoms. The molecule has 2 rings (SSSR count).